The molecule has 0 aromatic rings. The third-order valence-corrected chi connectivity index (χ3v) is 14.1. The fourth-order valence-electron chi connectivity index (χ4n) is 9.57. The second-order valence-electron chi connectivity index (χ2n) is 20.9. The number of Topliss-reactive ketones (excluding diaryl/α,β-unsaturated/α-hetero) is 1. The standard InChI is InChI=1S/C62H112O7/c1-4-7-10-13-16-19-22-25-28-31-34-37-40-43-46-49-52-60(66)69-62-58(64)55-68-61(62)56(53-57(63)50-47-44-41-38-35-32-29-26-23-20-17-14-11-8-5-2)54-67-59(65)51-48-45-42-39-36-33-30-27-24-21-18-15-12-9-6-3/h25-30,56,58,61-62,64H,4-24,31-55H2,1-3H3/b28-25+,29-26+,30-27+. The molecule has 1 aliphatic heterocycles. The third-order valence-electron chi connectivity index (χ3n) is 14.1. The van der Waals surface area contributed by atoms with Crippen LogP contribution < -0.4 is 0 Å². The van der Waals surface area contributed by atoms with E-state index in [1.165, 1.54) is 173 Å². The van der Waals surface area contributed by atoms with Crippen molar-refractivity contribution in [1.82, 2.24) is 0 Å². The van der Waals surface area contributed by atoms with Crippen molar-refractivity contribution in [2.45, 2.75) is 322 Å². The van der Waals surface area contributed by atoms with Gasteiger partial charge in [0.1, 0.15) is 18.0 Å². The molecule has 7 heteroatoms. The van der Waals surface area contributed by atoms with Gasteiger partial charge in [0.05, 0.1) is 13.2 Å². The van der Waals surface area contributed by atoms with Crippen molar-refractivity contribution in [1.29, 1.82) is 0 Å². The van der Waals surface area contributed by atoms with Crippen molar-refractivity contribution >= 4 is 17.7 Å². The van der Waals surface area contributed by atoms with Gasteiger partial charge in [0.25, 0.3) is 0 Å². The molecule has 1 saturated heterocycles. The van der Waals surface area contributed by atoms with Crippen LogP contribution >= 0.6 is 0 Å². The van der Waals surface area contributed by atoms with Crippen molar-refractivity contribution in [3.63, 3.8) is 0 Å². The van der Waals surface area contributed by atoms with Crippen LogP contribution in [-0.2, 0) is 28.6 Å². The maximum atomic E-state index is 13.4. The summed E-state index contributed by atoms with van der Waals surface area (Å²) in [6, 6.07) is 0. The van der Waals surface area contributed by atoms with E-state index < -0.39 is 24.2 Å². The summed E-state index contributed by atoms with van der Waals surface area (Å²) >= 11 is 0. The Kier molecular flexibility index (Phi) is 47.6. The molecule has 1 aliphatic rings. The van der Waals surface area contributed by atoms with Crippen molar-refractivity contribution in [2.75, 3.05) is 13.2 Å². The number of carbonyl (C=O) groups excluding carboxylic acids is 3. The molecule has 4 atom stereocenters. The molecule has 0 amide bonds. The lowest BCUT2D eigenvalue weighted by molar-refractivity contribution is -0.161. The van der Waals surface area contributed by atoms with Crippen LogP contribution in [0.4, 0.5) is 0 Å². The SMILES string of the molecule is CCCCCCCC/C=C/CCCCCCCCC(=O)OC1C(O)COC1C(COC(=O)CCCCCCC/C=C/CCCCCCCC)CC(=O)CCCCCCC/C=C/CCCCCCCC. The Morgan fingerprint density at radius 2 is 0.768 bits per heavy atom. The quantitative estimate of drug-likeness (QED) is 0.0368. The predicted molar refractivity (Wildman–Crippen MR) is 293 cm³/mol. The molecule has 0 spiro atoms. The van der Waals surface area contributed by atoms with Crippen LogP contribution in [0.1, 0.15) is 303 Å². The molecule has 69 heavy (non-hydrogen) atoms. The Morgan fingerprint density at radius 3 is 1.14 bits per heavy atom. The Hall–Kier alpha value is -2.25. The normalized spacial score (nSPS) is 16.7. The number of esters is 2. The number of aliphatic hydroxyl groups excluding tert-OH is 1. The van der Waals surface area contributed by atoms with E-state index in [1.54, 1.807) is 0 Å². The number of carbonyl (C=O) groups is 3. The maximum Gasteiger partial charge on any atom is 0.306 e. The van der Waals surface area contributed by atoms with E-state index >= 15 is 0 Å². The van der Waals surface area contributed by atoms with Crippen molar-refractivity contribution in [3.05, 3.63) is 36.5 Å². The van der Waals surface area contributed by atoms with Gasteiger partial charge in [0.15, 0.2) is 6.10 Å². The molecular formula is C62H112O7. The van der Waals surface area contributed by atoms with Gasteiger partial charge in [-0.05, 0) is 96.3 Å². The minimum atomic E-state index is -0.978. The first kappa shape index (κ1) is 64.8. The second kappa shape index (κ2) is 50.7. The average Bonchev–Trinajstić information content (AvgIpc) is 3.70. The van der Waals surface area contributed by atoms with E-state index in [4.69, 9.17) is 14.2 Å². The third kappa shape index (κ3) is 42.0. The summed E-state index contributed by atoms with van der Waals surface area (Å²) in [4.78, 5) is 39.5. The molecule has 7 nitrogen and oxygen atoms in total. The summed E-state index contributed by atoms with van der Waals surface area (Å²) < 4.78 is 17.8. The Labute approximate surface area is 427 Å². The topological polar surface area (TPSA) is 99.1 Å². The fraction of sp³-hybridized carbons (Fsp3) is 0.855. The molecule has 0 aliphatic carbocycles. The zero-order valence-electron chi connectivity index (χ0n) is 45.7. The van der Waals surface area contributed by atoms with Crippen LogP contribution in [-0.4, -0.2) is 54.4 Å². The van der Waals surface area contributed by atoms with Crippen LogP contribution in [0.2, 0.25) is 0 Å². The highest BCUT2D eigenvalue weighted by Gasteiger charge is 2.44. The van der Waals surface area contributed by atoms with Gasteiger partial charge in [-0.3, -0.25) is 14.4 Å². The summed E-state index contributed by atoms with van der Waals surface area (Å²) in [7, 11) is 0. The number of hydrogen-bond donors (Lipinski definition) is 1. The molecule has 1 heterocycles. The first-order chi connectivity index (χ1) is 33.9. The first-order valence-corrected chi connectivity index (χ1v) is 30.0. The molecule has 1 fully saturated rings. The highest BCUT2D eigenvalue weighted by molar-refractivity contribution is 5.78. The number of ketones is 1. The van der Waals surface area contributed by atoms with Crippen molar-refractivity contribution in [3.8, 4) is 0 Å². The van der Waals surface area contributed by atoms with Crippen LogP contribution in [0.3, 0.4) is 0 Å². The average molecular weight is 970 g/mol. The lowest BCUT2D eigenvalue weighted by Gasteiger charge is -2.28. The zero-order chi connectivity index (χ0) is 49.9. The second-order valence-corrected chi connectivity index (χ2v) is 20.9. The smallest absolute Gasteiger partial charge is 0.306 e. The molecule has 0 bridgehead atoms. The molecule has 0 radical (unpaired) electrons. The van der Waals surface area contributed by atoms with Gasteiger partial charge in [0.2, 0.25) is 0 Å². The Balaban J connectivity index is 2.49. The van der Waals surface area contributed by atoms with Gasteiger partial charge in [-0.15, -0.1) is 0 Å². The van der Waals surface area contributed by atoms with Crippen LogP contribution in [0.15, 0.2) is 36.5 Å². The number of ether oxygens (including phenoxy) is 3. The van der Waals surface area contributed by atoms with Crippen LogP contribution in [0, 0.1) is 5.92 Å². The fourth-order valence-corrected chi connectivity index (χ4v) is 9.57. The Morgan fingerprint density at radius 1 is 0.449 bits per heavy atom. The zero-order valence-corrected chi connectivity index (χ0v) is 45.7. The van der Waals surface area contributed by atoms with Gasteiger partial charge in [-0.25, -0.2) is 0 Å². The molecule has 402 valence electrons. The molecule has 4 unspecified atom stereocenters. The first-order valence-electron chi connectivity index (χ1n) is 30.0. The Bertz CT molecular complexity index is 1240. The highest BCUT2D eigenvalue weighted by Crippen LogP contribution is 2.29. The van der Waals surface area contributed by atoms with Crippen molar-refractivity contribution < 1.29 is 33.7 Å². The van der Waals surface area contributed by atoms with E-state index in [9.17, 15) is 19.5 Å². The van der Waals surface area contributed by atoms with Gasteiger partial charge in [-0.2, -0.15) is 0 Å². The van der Waals surface area contributed by atoms with Gasteiger partial charge < -0.3 is 19.3 Å². The molecular weight excluding hydrogens is 857 g/mol. The predicted octanol–water partition coefficient (Wildman–Crippen LogP) is 18.3. The van der Waals surface area contributed by atoms with Crippen LogP contribution in [0.25, 0.3) is 0 Å². The molecule has 1 N–H and O–H groups in total. The van der Waals surface area contributed by atoms with Crippen LogP contribution in [0.5, 0.6) is 0 Å². The largest absolute Gasteiger partial charge is 0.465 e. The van der Waals surface area contributed by atoms with E-state index in [-0.39, 0.29) is 37.4 Å². The summed E-state index contributed by atoms with van der Waals surface area (Å²) in [5, 5.41) is 10.9. The van der Waals surface area contributed by atoms with E-state index in [1.807, 2.05) is 0 Å². The highest BCUT2D eigenvalue weighted by atomic mass is 16.6. The van der Waals surface area contributed by atoms with Gasteiger partial charge in [-0.1, -0.05) is 218 Å². The summed E-state index contributed by atoms with van der Waals surface area (Å²) in [5.74, 6) is -0.997. The maximum absolute atomic E-state index is 13.4. The number of rotatable bonds is 52. The minimum Gasteiger partial charge on any atom is -0.465 e. The van der Waals surface area contributed by atoms with E-state index in [0.29, 0.717) is 19.3 Å². The number of hydrogen-bond acceptors (Lipinski definition) is 7. The molecule has 0 aromatic carbocycles. The number of aliphatic hydroxyl groups is 1. The molecule has 1 rings (SSSR count). The van der Waals surface area contributed by atoms with E-state index in [0.717, 1.165) is 83.5 Å². The molecule has 0 saturated carbocycles. The summed E-state index contributed by atoms with van der Waals surface area (Å²) in [6.45, 7) is 6.83. The molecule has 0 aromatic heterocycles. The van der Waals surface area contributed by atoms with E-state index in [2.05, 4.69) is 57.2 Å². The summed E-state index contributed by atoms with van der Waals surface area (Å²) in [6.07, 6.45) is 60.9. The van der Waals surface area contributed by atoms with Gasteiger partial charge in [0, 0.05) is 31.6 Å². The monoisotopic (exact) mass is 969 g/mol. The van der Waals surface area contributed by atoms with Gasteiger partial charge >= 0.3 is 11.9 Å². The lowest BCUT2D eigenvalue weighted by Crippen LogP contribution is -2.41. The number of allylic oxidation sites excluding steroid dienone is 6. The summed E-state index contributed by atoms with van der Waals surface area (Å²) in [5.41, 5.74) is 0. The lowest BCUT2D eigenvalue weighted by atomic mass is 9.91. The minimum absolute atomic E-state index is 0.0162. The number of unbranched alkanes of at least 4 members (excludes halogenated alkanes) is 34. The van der Waals surface area contributed by atoms with Crippen molar-refractivity contribution in [2.24, 2.45) is 5.92 Å².